The summed E-state index contributed by atoms with van der Waals surface area (Å²) in [5.74, 6) is 4.31. The van der Waals surface area contributed by atoms with Crippen molar-refractivity contribution in [3.05, 3.63) is 188 Å². The Kier molecular flexibility index (Phi) is 7.13. The van der Waals surface area contributed by atoms with Crippen molar-refractivity contribution in [3.63, 3.8) is 0 Å². The SMILES string of the molecule is c1ccc(-c2cccc(C[n+]3[n-]c(-c4cccc5c4Oc4cccc6c4N5c4cc5ccccc5cc4O6)nc3-c3cccc(-c4ccccc4)c3)c2)cc1. The highest BCUT2D eigenvalue weighted by Gasteiger charge is 2.36. The van der Waals surface area contributed by atoms with Crippen LogP contribution in [0.1, 0.15) is 5.56 Å². The van der Waals surface area contributed by atoms with Crippen LogP contribution in [0.25, 0.3) is 55.8 Å². The number of benzene rings is 8. The largest absolute Gasteiger partial charge is 0.453 e. The molecular formula is C49H32N4O2. The van der Waals surface area contributed by atoms with E-state index in [1.165, 1.54) is 5.56 Å². The average molecular weight is 709 g/mol. The minimum Gasteiger partial charge on any atom is -0.453 e. The summed E-state index contributed by atoms with van der Waals surface area (Å²) in [4.78, 5) is 7.58. The molecule has 55 heavy (non-hydrogen) atoms. The summed E-state index contributed by atoms with van der Waals surface area (Å²) in [5.41, 5.74) is 10.2. The van der Waals surface area contributed by atoms with Crippen LogP contribution in [-0.4, -0.2) is 4.98 Å². The average Bonchev–Trinajstić information content (AvgIpc) is 3.66. The van der Waals surface area contributed by atoms with E-state index in [0.717, 1.165) is 78.5 Å². The van der Waals surface area contributed by atoms with Gasteiger partial charge in [0, 0.05) is 11.1 Å². The molecule has 8 aromatic carbocycles. The van der Waals surface area contributed by atoms with Crippen molar-refractivity contribution in [2.24, 2.45) is 0 Å². The van der Waals surface area contributed by atoms with E-state index in [1.807, 2.05) is 35.0 Å². The zero-order chi connectivity index (χ0) is 36.3. The van der Waals surface area contributed by atoms with E-state index < -0.39 is 0 Å². The maximum Gasteiger partial charge on any atom is 0.158 e. The van der Waals surface area contributed by atoms with Gasteiger partial charge in [-0.2, -0.15) is 0 Å². The van der Waals surface area contributed by atoms with Crippen LogP contribution in [0.15, 0.2) is 182 Å². The van der Waals surface area contributed by atoms with Crippen LogP contribution >= 0.6 is 0 Å². The molecule has 1 aromatic heterocycles. The second kappa shape index (κ2) is 12.6. The summed E-state index contributed by atoms with van der Waals surface area (Å²) in [7, 11) is 0. The Hall–Kier alpha value is -7.44. The Bertz CT molecular complexity index is 2920. The van der Waals surface area contributed by atoms with E-state index in [0.29, 0.717) is 23.9 Å². The molecule has 3 heterocycles. The maximum absolute atomic E-state index is 6.82. The van der Waals surface area contributed by atoms with Gasteiger partial charge < -0.3 is 14.5 Å². The second-order valence-electron chi connectivity index (χ2n) is 13.9. The number of hydrogen-bond donors (Lipinski definition) is 0. The van der Waals surface area contributed by atoms with Crippen molar-refractivity contribution < 1.29 is 14.2 Å². The first kappa shape index (κ1) is 31.1. The van der Waals surface area contributed by atoms with E-state index in [4.69, 9.17) is 19.6 Å². The van der Waals surface area contributed by atoms with Gasteiger partial charge >= 0.3 is 0 Å². The normalized spacial score (nSPS) is 12.3. The molecule has 0 amide bonds. The van der Waals surface area contributed by atoms with E-state index >= 15 is 0 Å². The molecular weight excluding hydrogens is 677 g/mol. The zero-order valence-electron chi connectivity index (χ0n) is 29.6. The third kappa shape index (κ3) is 5.34. The molecule has 0 spiro atoms. The van der Waals surface area contributed by atoms with Crippen molar-refractivity contribution in [2.75, 3.05) is 4.90 Å². The number of hydrogen-bond acceptors (Lipinski definition) is 4. The first-order valence-electron chi connectivity index (χ1n) is 18.4. The lowest BCUT2D eigenvalue weighted by Crippen LogP contribution is -2.40. The van der Waals surface area contributed by atoms with Crippen LogP contribution in [0.2, 0.25) is 0 Å². The van der Waals surface area contributed by atoms with Crippen molar-refractivity contribution in [3.8, 4) is 68.0 Å². The monoisotopic (exact) mass is 708 g/mol. The number of nitrogens with zero attached hydrogens (tertiary/aromatic N) is 4. The quantitative estimate of drug-likeness (QED) is 0.161. The zero-order valence-corrected chi connectivity index (χ0v) is 29.6. The second-order valence-corrected chi connectivity index (χ2v) is 13.9. The van der Waals surface area contributed by atoms with Crippen LogP contribution in [0, 0.1) is 0 Å². The lowest BCUT2D eigenvalue weighted by molar-refractivity contribution is -0.737. The molecule has 0 bridgehead atoms. The van der Waals surface area contributed by atoms with Gasteiger partial charge in [-0.05, 0) is 86.9 Å². The fourth-order valence-corrected chi connectivity index (χ4v) is 7.84. The van der Waals surface area contributed by atoms with Gasteiger partial charge in [0.1, 0.15) is 18.1 Å². The fraction of sp³-hybridized carbons (Fsp3) is 0.0204. The van der Waals surface area contributed by atoms with E-state index in [9.17, 15) is 0 Å². The first-order valence-corrected chi connectivity index (χ1v) is 18.4. The molecule has 0 atom stereocenters. The molecule has 11 rings (SSSR count). The Balaban J connectivity index is 1.07. The fourth-order valence-electron chi connectivity index (χ4n) is 7.84. The summed E-state index contributed by atoms with van der Waals surface area (Å²) < 4.78 is 15.4. The highest BCUT2D eigenvalue weighted by Crippen LogP contribution is 2.61. The summed E-state index contributed by atoms with van der Waals surface area (Å²) in [6.45, 7) is 0.532. The van der Waals surface area contributed by atoms with Crippen molar-refractivity contribution >= 4 is 27.8 Å². The molecule has 6 heteroatoms. The molecule has 2 aliphatic rings. The molecule has 0 saturated carbocycles. The van der Waals surface area contributed by atoms with Gasteiger partial charge in [0.05, 0.1) is 11.4 Å². The van der Waals surface area contributed by atoms with Gasteiger partial charge in [-0.3, -0.25) is 14.7 Å². The minimum absolute atomic E-state index is 0.532. The lowest BCUT2D eigenvalue weighted by atomic mass is 10.0. The predicted molar refractivity (Wildman–Crippen MR) is 217 cm³/mol. The Morgan fingerprint density at radius 3 is 1.89 bits per heavy atom. The predicted octanol–water partition coefficient (Wildman–Crippen LogP) is 11.9. The molecule has 6 nitrogen and oxygen atoms in total. The van der Waals surface area contributed by atoms with Crippen molar-refractivity contribution in [2.45, 2.75) is 6.54 Å². The van der Waals surface area contributed by atoms with Gasteiger partial charge in [-0.15, -0.1) is 0 Å². The minimum atomic E-state index is 0.532. The highest BCUT2D eigenvalue weighted by atomic mass is 16.5. The molecule has 0 unspecified atom stereocenters. The number of rotatable bonds is 6. The number of anilines is 3. The van der Waals surface area contributed by atoms with E-state index in [1.54, 1.807) is 0 Å². The molecule has 0 aliphatic carbocycles. The third-order valence-corrected chi connectivity index (χ3v) is 10.4. The Morgan fingerprint density at radius 2 is 1.11 bits per heavy atom. The van der Waals surface area contributed by atoms with Crippen LogP contribution < -0.4 is 24.2 Å². The van der Waals surface area contributed by atoms with Gasteiger partial charge in [-0.25, -0.2) is 0 Å². The summed E-state index contributed by atoms with van der Waals surface area (Å²) in [5, 5.41) is 7.53. The van der Waals surface area contributed by atoms with Crippen LogP contribution in [0.4, 0.5) is 17.1 Å². The first-order chi connectivity index (χ1) is 27.2. The Morgan fingerprint density at radius 1 is 0.491 bits per heavy atom. The van der Waals surface area contributed by atoms with E-state index in [-0.39, 0.29) is 0 Å². The number of ether oxygens (including phenoxy) is 2. The topological polar surface area (TPSA) is 52.6 Å². The number of para-hydroxylation sites is 2. The highest BCUT2D eigenvalue weighted by molar-refractivity contribution is 6.00. The van der Waals surface area contributed by atoms with Gasteiger partial charge in [0.15, 0.2) is 23.0 Å². The lowest BCUT2D eigenvalue weighted by Gasteiger charge is -2.38. The molecule has 9 aromatic rings. The standard InChI is InChI=1S/C49H32N4O2/c1-3-14-33(15-4-1)35-20-9-13-32(27-35)31-52-49(39-22-10-21-36(28-39)34-16-5-2-6-17-34)50-48(51-52)40-23-11-24-41-47(40)55-44-26-12-25-43-46(44)53(41)42-29-37-18-7-8-19-38(37)30-45(42)54-43/h1-30H,31H2. The third-order valence-electron chi connectivity index (χ3n) is 10.4. The van der Waals surface area contributed by atoms with Crippen LogP contribution in [0.5, 0.6) is 23.0 Å². The van der Waals surface area contributed by atoms with Crippen LogP contribution in [0.3, 0.4) is 0 Å². The molecule has 0 radical (unpaired) electrons. The summed E-state index contributed by atoms with van der Waals surface area (Å²) >= 11 is 0. The maximum atomic E-state index is 6.82. The molecule has 260 valence electrons. The Labute approximate surface area is 318 Å². The summed E-state index contributed by atoms with van der Waals surface area (Å²) in [6.07, 6.45) is 0. The van der Waals surface area contributed by atoms with Crippen LogP contribution in [-0.2, 0) is 6.54 Å². The van der Waals surface area contributed by atoms with Crippen molar-refractivity contribution in [1.29, 1.82) is 0 Å². The molecule has 2 aliphatic heterocycles. The van der Waals surface area contributed by atoms with Crippen molar-refractivity contribution in [1.82, 2.24) is 10.1 Å². The molecule has 0 saturated heterocycles. The summed E-state index contributed by atoms with van der Waals surface area (Å²) in [6, 6.07) is 63.0. The van der Waals surface area contributed by atoms with E-state index in [2.05, 4.69) is 157 Å². The number of aromatic nitrogens is 3. The smallest absolute Gasteiger partial charge is 0.158 e. The van der Waals surface area contributed by atoms with Gasteiger partial charge in [0.2, 0.25) is 0 Å². The van der Waals surface area contributed by atoms with Gasteiger partial charge in [-0.1, -0.05) is 140 Å². The van der Waals surface area contributed by atoms with Gasteiger partial charge in [0.25, 0.3) is 0 Å². The molecule has 0 fully saturated rings. The molecule has 0 N–H and O–H groups in total. The number of fused-ring (bicyclic) bond motifs is 5.